The fourth-order valence-electron chi connectivity index (χ4n) is 3.23. The van der Waals surface area contributed by atoms with Crippen molar-refractivity contribution in [2.45, 2.75) is 32.9 Å². The van der Waals surface area contributed by atoms with E-state index in [1.54, 1.807) is 29.8 Å². The Hall–Kier alpha value is -3.62. The van der Waals surface area contributed by atoms with Crippen molar-refractivity contribution >= 4 is 17.3 Å². The lowest BCUT2D eigenvalue weighted by molar-refractivity contribution is -0.137. The van der Waals surface area contributed by atoms with E-state index in [1.807, 2.05) is 19.9 Å². The lowest BCUT2D eigenvalue weighted by Gasteiger charge is -2.15. The van der Waals surface area contributed by atoms with Crippen molar-refractivity contribution in [2.75, 3.05) is 5.32 Å². The second-order valence-electron chi connectivity index (χ2n) is 7.32. The van der Waals surface area contributed by atoms with Gasteiger partial charge in [0, 0.05) is 11.3 Å². The maximum Gasteiger partial charge on any atom is 0.416 e. The summed E-state index contributed by atoms with van der Waals surface area (Å²) < 4.78 is 45.5. The molecule has 1 N–H and O–H groups in total. The quantitative estimate of drug-likeness (QED) is 0.475. The van der Waals surface area contributed by atoms with Crippen LogP contribution in [0.5, 0.6) is 0 Å². The highest BCUT2D eigenvalue weighted by atomic mass is 19.4. The molecule has 0 aliphatic carbocycles. The number of hydrogen-bond donors (Lipinski definition) is 1. The van der Waals surface area contributed by atoms with E-state index in [4.69, 9.17) is 4.42 Å². The molecule has 9 heteroatoms. The molecule has 2 aromatic carbocycles. The molecule has 0 bridgehead atoms. The molecule has 0 saturated carbocycles. The smallest absolute Gasteiger partial charge is 0.416 e. The summed E-state index contributed by atoms with van der Waals surface area (Å²) in [6.07, 6.45) is -2.82. The minimum Gasteiger partial charge on any atom is -0.417 e. The number of benzene rings is 2. The number of halogens is 3. The van der Waals surface area contributed by atoms with Crippen molar-refractivity contribution in [3.05, 3.63) is 71.2 Å². The van der Waals surface area contributed by atoms with Gasteiger partial charge in [0.25, 0.3) is 0 Å². The number of rotatable bonds is 4. The Kier molecular flexibility index (Phi) is 5.04. The van der Waals surface area contributed by atoms with Gasteiger partial charge >= 0.3 is 6.18 Å². The van der Waals surface area contributed by atoms with Gasteiger partial charge in [-0.25, -0.2) is 4.98 Å². The highest BCUT2D eigenvalue weighted by Crippen LogP contribution is 2.31. The molecule has 31 heavy (non-hydrogen) atoms. The Bertz CT molecular complexity index is 1260. The average Bonchev–Trinajstić information content (AvgIpc) is 3.30. The van der Waals surface area contributed by atoms with E-state index in [9.17, 15) is 18.0 Å². The van der Waals surface area contributed by atoms with Crippen LogP contribution in [0.1, 0.15) is 35.4 Å². The Morgan fingerprint density at radius 3 is 2.45 bits per heavy atom. The van der Waals surface area contributed by atoms with Gasteiger partial charge < -0.3 is 9.73 Å². The molecule has 1 atom stereocenters. The first-order valence-electron chi connectivity index (χ1n) is 9.53. The molecule has 6 nitrogen and oxygen atoms in total. The van der Waals surface area contributed by atoms with Gasteiger partial charge in [0.05, 0.1) is 17.7 Å². The molecule has 0 aliphatic heterocycles. The van der Waals surface area contributed by atoms with Crippen LogP contribution in [0.2, 0.25) is 0 Å². The Balaban J connectivity index is 1.50. The maximum absolute atomic E-state index is 12.7. The monoisotopic (exact) mass is 428 g/mol. The fraction of sp³-hybridized carbons (Fsp3) is 0.227. The van der Waals surface area contributed by atoms with Gasteiger partial charge in [0.2, 0.25) is 17.5 Å². The second kappa shape index (κ2) is 7.57. The van der Waals surface area contributed by atoms with Crippen molar-refractivity contribution in [1.29, 1.82) is 0 Å². The van der Waals surface area contributed by atoms with Crippen LogP contribution in [0.15, 0.2) is 53.1 Å². The number of fused-ring (bicyclic) bond motifs is 1. The molecule has 0 fully saturated rings. The van der Waals surface area contributed by atoms with Crippen LogP contribution in [-0.4, -0.2) is 20.5 Å². The summed E-state index contributed by atoms with van der Waals surface area (Å²) in [7, 11) is 0. The Labute approximate surface area is 175 Å². The SMILES string of the molecule is Cc1cc(-c2nn3c(C)ncc3o2)ccc1NC(=O)C(C)c1ccc(C(F)(F)F)cc1. The van der Waals surface area contributed by atoms with Gasteiger partial charge in [0.15, 0.2) is 0 Å². The number of carbonyl (C=O) groups is 1. The van der Waals surface area contributed by atoms with E-state index in [-0.39, 0.29) is 5.91 Å². The van der Waals surface area contributed by atoms with Crippen molar-refractivity contribution in [1.82, 2.24) is 14.6 Å². The number of nitrogens with one attached hydrogen (secondary N) is 1. The first-order chi connectivity index (χ1) is 14.6. The number of imidazole rings is 1. The van der Waals surface area contributed by atoms with Crippen molar-refractivity contribution in [3.8, 4) is 11.5 Å². The molecule has 160 valence electrons. The summed E-state index contributed by atoms with van der Waals surface area (Å²) in [5.41, 5.74) is 2.43. The zero-order valence-electron chi connectivity index (χ0n) is 17.0. The topological polar surface area (TPSA) is 72.4 Å². The van der Waals surface area contributed by atoms with E-state index < -0.39 is 17.7 Å². The number of amides is 1. The highest BCUT2D eigenvalue weighted by molar-refractivity contribution is 5.96. The number of hydrogen-bond acceptors (Lipinski definition) is 4. The molecule has 0 aliphatic rings. The van der Waals surface area contributed by atoms with E-state index in [1.165, 1.54) is 12.1 Å². The lowest BCUT2D eigenvalue weighted by Crippen LogP contribution is -2.19. The molecule has 2 heterocycles. The van der Waals surface area contributed by atoms with E-state index >= 15 is 0 Å². The molecule has 4 aromatic rings. The maximum atomic E-state index is 12.7. The van der Waals surface area contributed by atoms with Crippen LogP contribution >= 0.6 is 0 Å². The van der Waals surface area contributed by atoms with Gasteiger partial charge in [-0.05, 0) is 62.2 Å². The first-order valence-corrected chi connectivity index (χ1v) is 9.53. The number of nitrogens with zero attached hydrogens (tertiary/aromatic N) is 3. The molecule has 1 unspecified atom stereocenters. The zero-order valence-corrected chi connectivity index (χ0v) is 17.0. The second-order valence-corrected chi connectivity index (χ2v) is 7.32. The van der Waals surface area contributed by atoms with E-state index in [0.29, 0.717) is 28.7 Å². The number of aromatic nitrogens is 3. The van der Waals surface area contributed by atoms with Crippen LogP contribution in [0.3, 0.4) is 0 Å². The molecule has 2 aromatic heterocycles. The fourth-order valence-corrected chi connectivity index (χ4v) is 3.23. The summed E-state index contributed by atoms with van der Waals surface area (Å²) in [5.74, 6) is 0.204. The highest BCUT2D eigenvalue weighted by Gasteiger charge is 2.30. The molecular weight excluding hydrogens is 409 g/mol. The summed E-state index contributed by atoms with van der Waals surface area (Å²) in [6, 6.07) is 9.97. The van der Waals surface area contributed by atoms with E-state index in [2.05, 4.69) is 15.4 Å². The Morgan fingerprint density at radius 1 is 1.13 bits per heavy atom. The molecule has 1 amide bonds. The predicted molar refractivity (Wildman–Crippen MR) is 109 cm³/mol. The van der Waals surface area contributed by atoms with Crippen molar-refractivity contribution in [3.63, 3.8) is 0 Å². The van der Waals surface area contributed by atoms with Crippen LogP contribution in [0.25, 0.3) is 17.2 Å². The van der Waals surface area contributed by atoms with Crippen LogP contribution in [0, 0.1) is 13.8 Å². The third-order valence-corrected chi connectivity index (χ3v) is 5.13. The Morgan fingerprint density at radius 2 is 1.84 bits per heavy atom. The van der Waals surface area contributed by atoms with Crippen LogP contribution in [0.4, 0.5) is 18.9 Å². The number of carbonyl (C=O) groups excluding carboxylic acids is 1. The van der Waals surface area contributed by atoms with Gasteiger partial charge in [-0.15, -0.1) is 5.10 Å². The van der Waals surface area contributed by atoms with Gasteiger partial charge in [-0.3, -0.25) is 4.79 Å². The molecular formula is C22H19F3N4O2. The minimum absolute atomic E-state index is 0.317. The number of aryl methyl sites for hydroxylation is 2. The third-order valence-electron chi connectivity index (χ3n) is 5.13. The van der Waals surface area contributed by atoms with E-state index in [0.717, 1.165) is 23.3 Å². The van der Waals surface area contributed by atoms with Crippen molar-refractivity contribution < 1.29 is 22.4 Å². The van der Waals surface area contributed by atoms with Crippen LogP contribution in [-0.2, 0) is 11.0 Å². The van der Waals surface area contributed by atoms with Crippen molar-refractivity contribution in [2.24, 2.45) is 0 Å². The molecule has 0 spiro atoms. The average molecular weight is 428 g/mol. The summed E-state index contributed by atoms with van der Waals surface area (Å²) in [6.45, 7) is 5.30. The first kappa shape index (κ1) is 20.6. The molecule has 4 rings (SSSR count). The van der Waals surface area contributed by atoms with Gasteiger partial charge in [-0.1, -0.05) is 12.1 Å². The third kappa shape index (κ3) is 4.03. The minimum atomic E-state index is -4.41. The predicted octanol–water partition coefficient (Wildman–Crippen LogP) is 5.37. The van der Waals surface area contributed by atoms with Crippen LogP contribution < -0.4 is 5.32 Å². The standard InChI is InChI=1S/C22H19F3N4O2/c1-12-10-16(21-28-29-14(3)26-11-19(29)31-21)6-9-18(12)27-20(30)13(2)15-4-7-17(8-5-15)22(23,24)25/h4-11,13H,1-3H3,(H,27,30). The zero-order chi connectivity index (χ0) is 22.3. The lowest BCUT2D eigenvalue weighted by atomic mass is 9.98. The summed E-state index contributed by atoms with van der Waals surface area (Å²) >= 11 is 0. The number of alkyl halides is 3. The van der Waals surface area contributed by atoms with Gasteiger partial charge in [0.1, 0.15) is 5.82 Å². The molecule has 0 radical (unpaired) electrons. The normalized spacial score (nSPS) is 12.8. The largest absolute Gasteiger partial charge is 0.417 e. The number of anilines is 1. The summed E-state index contributed by atoms with van der Waals surface area (Å²) in [5, 5.41) is 7.22. The summed E-state index contributed by atoms with van der Waals surface area (Å²) in [4.78, 5) is 16.8. The molecule has 0 saturated heterocycles. The van der Waals surface area contributed by atoms with Gasteiger partial charge in [-0.2, -0.15) is 17.7 Å².